The summed E-state index contributed by atoms with van der Waals surface area (Å²) in [5.41, 5.74) is 1.97. The molecule has 0 fully saturated rings. The lowest BCUT2D eigenvalue weighted by Gasteiger charge is -2.13. The van der Waals surface area contributed by atoms with Crippen LogP contribution in [0.2, 0.25) is 0 Å². The first-order valence-corrected chi connectivity index (χ1v) is 10.9. The minimum Gasteiger partial charge on any atom is -0.492 e. The molecule has 0 aliphatic heterocycles. The van der Waals surface area contributed by atoms with Crippen LogP contribution in [0.25, 0.3) is 0 Å². The van der Waals surface area contributed by atoms with Gasteiger partial charge in [-0.25, -0.2) is 0 Å². The van der Waals surface area contributed by atoms with Crippen LogP contribution in [0.5, 0.6) is 5.75 Å². The van der Waals surface area contributed by atoms with Gasteiger partial charge in [0.1, 0.15) is 5.75 Å². The van der Waals surface area contributed by atoms with Gasteiger partial charge in [0.05, 0.1) is 22.3 Å². The van der Waals surface area contributed by atoms with Crippen LogP contribution in [0.1, 0.15) is 41.0 Å². The van der Waals surface area contributed by atoms with Gasteiger partial charge in [-0.2, -0.15) is 0 Å². The number of amides is 2. The van der Waals surface area contributed by atoms with Gasteiger partial charge in [-0.15, -0.1) is 0 Å². The van der Waals surface area contributed by atoms with Gasteiger partial charge in [0, 0.05) is 11.3 Å². The highest BCUT2D eigenvalue weighted by Crippen LogP contribution is 2.27. The van der Waals surface area contributed by atoms with Crippen LogP contribution in [0.15, 0.2) is 77.3 Å². The number of carbonyl (C=O) groups is 2. The zero-order chi connectivity index (χ0) is 22.2. The molecule has 0 heterocycles. The van der Waals surface area contributed by atoms with Gasteiger partial charge in [-0.3, -0.25) is 9.59 Å². The third-order valence-corrected chi connectivity index (χ3v) is 5.22. The monoisotopic (exact) mass is 480 g/mol. The fraction of sp³-hybridized carbons (Fsp3) is 0.200. The van der Waals surface area contributed by atoms with E-state index in [1.54, 1.807) is 54.6 Å². The van der Waals surface area contributed by atoms with Crippen molar-refractivity contribution in [1.29, 1.82) is 0 Å². The highest BCUT2D eigenvalue weighted by atomic mass is 79.9. The second-order valence-electron chi connectivity index (χ2n) is 7.50. The molecular weight excluding hydrogens is 456 g/mol. The predicted molar refractivity (Wildman–Crippen MR) is 128 cm³/mol. The van der Waals surface area contributed by atoms with Crippen molar-refractivity contribution < 1.29 is 14.3 Å². The summed E-state index contributed by atoms with van der Waals surface area (Å²) in [6, 6.07) is 21.3. The molecular formula is C25H25BrN2O3. The van der Waals surface area contributed by atoms with E-state index < -0.39 is 0 Å². The lowest BCUT2D eigenvalue weighted by molar-refractivity contribution is 0.102. The van der Waals surface area contributed by atoms with Crippen LogP contribution in [0, 0.1) is 5.92 Å². The van der Waals surface area contributed by atoms with Crippen molar-refractivity contribution in [2.75, 3.05) is 17.2 Å². The molecule has 5 nitrogen and oxygen atoms in total. The Morgan fingerprint density at radius 1 is 0.903 bits per heavy atom. The molecule has 3 aromatic carbocycles. The van der Waals surface area contributed by atoms with Gasteiger partial charge in [0.2, 0.25) is 0 Å². The van der Waals surface area contributed by atoms with E-state index in [-0.39, 0.29) is 11.8 Å². The summed E-state index contributed by atoms with van der Waals surface area (Å²) in [6.45, 7) is 4.90. The second-order valence-corrected chi connectivity index (χ2v) is 8.35. The van der Waals surface area contributed by atoms with Gasteiger partial charge >= 0.3 is 0 Å². The molecule has 0 aliphatic rings. The lowest BCUT2D eigenvalue weighted by Crippen LogP contribution is -2.18. The Morgan fingerprint density at radius 3 is 2.32 bits per heavy atom. The van der Waals surface area contributed by atoms with E-state index in [4.69, 9.17) is 4.74 Å². The third kappa shape index (κ3) is 6.43. The lowest BCUT2D eigenvalue weighted by atomic mass is 10.1. The van der Waals surface area contributed by atoms with Gasteiger partial charge in [0.15, 0.2) is 0 Å². The zero-order valence-corrected chi connectivity index (χ0v) is 19.1. The predicted octanol–water partition coefficient (Wildman–Crippen LogP) is 6.38. The number of halogens is 1. The molecule has 0 atom stereocenters. The van der Waals surface area contributed by atoms with E-state index in [1.807, 2.05) is 18.2 Å². The Balaban J connectivity index is 1.71. The molecule has 0 saturated carbocycles. The number of benzene rings is 3. The summed E-state index contributed by atoms with van der Waals surface area (Å²) in [5, 5.41) is 5.68. The fourth-order valence-corrected chi connectivity index (χ4v) is 3.36. The molecule has 3 rings (SSSR count). The van der Waals surface area contributed by atoms with E-state index in [1.165, 1.54) is 0 Å². The molecule has 0 aliphatic carbocycles. The minimum absolute atomic E-state index is 0.294. The Kier molecular flexibility index (Phi) is 7.84. The first kappa shape index (κ1) is 22.6. The SMILES string of the molecule is CC(C)CCOc1ccc(C(=O)Nc2ccccc2C(=O)Nc2ccccc2)cc1Br. The average Bonchev–Trinajstić information content (AvgIpc) is 2.75. The smallest absolute Gasteiger partial charge is 0.257 e. The summed E-state index contributed by atoms with van der Waals surface area (Å²) in [7, 11) is 0. The molecule has 0 saturated heterocycles. The standard InChI is InChI=1S/C25H25BrN2O3/c1-17(2)14-15-31-23-13-12-18(16-21(23)26)24(29)28-22-11-7-6-10-20(22)25(30)27-19-8-4-3-5-9-19/h3-13,16-17H,14-15H2,1-2H3,(H,27,30)(H,28,29). The van der Waals surface area contributed by atoms with Crippen molar-refractivity contribution in [3.05, 3.63) is 88.4 Å². The van der Waals surface area contributed by atoms with Crippen LogP contribution in [0.4, 0.5) is 11.4 Å². The molecule has 0 unspecified atom stereocenters. The van der Waals surface area contributed by atoms with E-state index in [0.29, 0.717) is 45.2 Å². The molecule has 6 heteroatoms. The largest absolute Gasteiger partial charge is 0.492 e. The molecule has 0 spiro atoms. The van der Waals surface area contributed by atoms with Crippen molar-refractivity contribution in [2.45, 2.75) is 20.3 Å². The number of para-hydroxylation sites is 2. The van der Waals surface area contributed by atoms with Gasteiger partial charge in [0.25, 0.3) is 11.8 Å². The Labute approximate surface area is 191 Å². The zero-order valence-electron chi connectivity index (χ0n) is 17.5. The topological polar surface area (TPSA) is 67.4 Å². The first-order chi connectivity index (χ1) is 14.9. The molecule has 3 aromatic rings. The summed E-state index contributed by atoms with van der Waals surface area (Å²) < 4.78 is 6.48. The fourth-order valence-electron chi connectivity index (χ4n) is 2.87. The van der Waals surface area contributed by atoms with E-state index >= 15 is 0 Å². The van der Waals surface area contributed by atoms with Crippen LogP contribution in [0.3, 0.4) is 0 Å². The molecule has 160 valence electrons. The van der Waals surface area contributed by atoms with Crippen molar-refractivity contribution >= 4 is 39.1 Å². The number of rotatable bonds is 8. The number of hydrogen-bond donors (Lipinski definition) is 2. The molecule has 0 aromatic heterocycles. The third-order valence-electron chi connectivity index (χ3n) is 4.60. The maximum atomic E-state index is 12.8. The first-order valence-electron chi connectivity index (χ1n) is 10.1. The van der Waals surface area contributed by atoms with Crippen molar-refractivity contribution in [3.8, 4) is 5.75 Å². The van der Waals surface area contributed by atoms with Crippen LogP contribution < -0.4 is 15.4 Å². The van der Waals surface area contributed by atoms with Gasteiger partial charge < -0.3 is 15.4 Å². The quantitative estimate of drug-likeness (QED) is 0.393. The summed E-state index contributed by atoms with van der Waals surface area (Å²) in [4.78, 5) is 25.5. The molecule has 0 bridgehead atoms. The average molecular weight is 481 g/mol. The van der Waals surface area contributed by atoms with Crippen molar-refractivity contribution in [3.63, 3.8) is 0 Å². The maximum absolute atomic E-state index is 12.8. The second kappa shape index (κ2) is 10.8. The Morgan fingerprint density at radius 2 is 1.61 bits per heavy atom. The Bertz CT molecular complexity index is 1050. The minimum atomic E-state index is -0.311. The number of anilines is 2. The van der Waals surface area contributed by atoms with Gasteiger partial charge in [-0.05, 0) is 70.7 Å². The number of nitrogens with one attached hydrogen (secondary N) is 2. The summed E-state index contributed by atoms with van der Waals surface area (Å²) >= 11 is 3.47. The summed E-state index contributed by atoms with van der Waals surface area (Å²) in [6.07, 6.45) is 0.955. The molecule has 2 amide bonds. The highest BCUT2D eigenvalue weighted by molar-refractivity contribution is 9.10. The molecule has 2 N–H and O–H groups in total. The van der Waals surface area contributed by atoms with E-state index in [0.717, 1.165) is 6.42 Å². The summed E-state index contributed by atoms with van der Waals surface area (Å²) in [5.74, 6) is 0.648. The van der Waals surface area contributed by atoms with E-state index in [2.05, 4.69) is 40.4 Å². The highest BCUT2D eigenvalue weighted by Gasteiger charge is 2.15. The number of ether oxygens (including phenoxy) is 1. The number of carbonyl (C=O) groups excluding carboxylic acids is 2. The van der Waals surface area contributed by atoms with Crippen LogP contribution in [-0.2, 0) is 0 Å². The van der Waals surface area contributed by atoms with Crippen molar-refractivity contribution in [2.24, 2.45) is 5.92 Å². The molecule has 31 heavy (non-hydrogen) atoms. The van der Waals surface area contributed by atoms with Crippen LogP contribution >= 0.6 is 15.9 Å². The van der Waals surface area contributed by atoms with E-state index in [9.17, 15) is 9.59 Å². The Hall–Kier alpha value is -3.12. The van der Waals surface area contributed by atoms with Crippen LogP contribution in [-0.4, -0.2) is 18.4 Å². The van der Waals surface area contributed by atoms with Crippen molar-refractivity contribution in [1.82, 2.24) is 0 Å². The molecule has 0 radical (unpaired) electrons. The maximum Gasteiger partial charge on any atom is 0.257 e. The number of hydrogen-bond acceptors (Lipinski definition) is 3. The normalized spacial score (nSPS) is 10.6. The van der Waals surface area contributed by atoms with Gasteiger partial charge in [-0.1, -0.05) is 44.2 Å².